The number of hydrogen-bond donors (Lipinski definition) is 1. The van der Waals surface area contributed by atoms with Gasteiger partial charge >= 0.3 is 0 Å². The van der Waals surface area contributed by atoms with E-state index in [0.29, 0.717) is 28.6 Å². The molecule has 6 nitrogen and oxygen atoms in total. The van der Waals surface area contributed by atoms with Crippen LogP contribution in [0.2, 0.25) is 0 Å². The highest BCUT2D eigenvalue weighted by Gasteiger charge is 2.41. The summed E-state index contributed by atoms with van der Waals surface area (Å²) in [6.07, 6.45) is 0.436. The first kappa shape index (κ1) is 23.1. The smallest absolute Gasteiger partial charge is 0.269 e. The Morgan fingerprint density at radius 2 is 1.82 bits per heavy atom. The normalized spacial score (nSPS) is 16.7. The highest BCUT2D eigenvalue weighted by Crippen LogP contribution is 2.43. The Bertz CT molecular complexity index is 1300. The second-order valence-corrected chi connectivity index (χ2v) is 8.93. The van der Waals surface area contributed by atoms with Crippen molar-refractivity contribution in [1.29, 1.82) is 5.26 Å². The topological polar surface area (TPSA) is 82.4 Å². The molecule has 0 spiro atoms. The van der Waals surface area contributed by atoms with Crippen LogP contribution in [0.3, 0.4) is 0 Å². The predicted molar refractivity (Wildman–Crippen MR) is 134 cm³/mol. The van der Waals surface area contributed by atoms with E-state index in [1.807, 2.05) is 67.6 Å². The van der Waals surface area contributed by atoms with E-state index in [2.05, 4.69) is 5.32 Å². The molecule has 2 amide bonds. The maximum atomic E-state index is 13.6. The molecule has 1 saturated heterocycles. The summed E-state index contributed by atoms with van der Waals surface area (Å²) in [6, 6.07) is 26.0. The van der Waals surface area contributed by atoms with E-state index >= 15 is 0 Å². The van der Waals surface area contributed by atoms with Gasteiger partial charge in [-0.25, -0.2) is 0 Å². The summed E-state index contributed by atoms with van der Waals surface area (Å²) in [4.78, 5) is 28.2. The van der Waals surface area contributed by atoms with Crippen molar-refractivity contribution < 1.29 is 14.3 Å². The van der Waals surface area contributed by atoms with Crippen LogP contribution in [0.25, 0.3) is 0 Å². The SMILES string of the molecule is COc1cccc(C[C@@H]2S/C(=C(\C#N)C(=O)Nc3ccccc3)N(c3ccccc3C)C2=O)c1. The van der Waals surface area contributed by atoms with E-state index in [0.717, 1.165) is 11.1 Å². The van der Waals surface area contributed by atoms with Crippen LogP contribution in [0.1, 0.15) is 11.1 Å². The van der Waals surface area contributed by atoms with Gasteiger partial charge in [0.25, 0.3) is 5.91 Å². The average Bonchev–Trinajstić information content (AvgIpc) is 3.16. The Balaban J connectivity index is 1.74. The fourth-order valence-electron chi connectivity index (χ4n) is 3.75. The number of para-hydroxylation sites is 2. The molecule has 3 aromatic carbocycles. The number of carbonyl (C=O) groups excluding carboxylic acids is 2. The summed E-state index contributed by atoms with van der Waals surface area (Å²) in [7, 11) is 1.60. The Morgan fingerprint density at radius 3 is 2.53 bits per heavy atom. The first-order valence-corrected chi connectivity index (χ1v) is 11.6. The highest BCUT2D eigenvalue weighted by atomic mass is 32.2. The van der Waals surface area contributed by atoms with Crippen LogP contribution in [0.5, 0.6) is 5.75 Å². The Morgan fingerprint density at radius 1 is 1.09 bits per heavy atom. The molecule has 4 rings (SSSR count). The van der Waals surface area contributed by atoms with E-state index < -0.39 is 11.2 Å². The van der Waals surface area contributed by atoms with Gasteiger partial charge in [-0.15, -0.1) is 0 Å². The van der Waals surface area contributed by atoms with E-state index in [1.54, 1.807) is 31.4 Å². The summed E-state index contributed by atoms with van der Waals surface area (Å²) in [6.45, 7) is 1.90. The molecular formula is C27H23N3O3S. The van der Waals surface area contributed by atoms with Crippen molar-refractivity contribution in [2.24, 2.45) is 0 Å². The zero-order valence-electron chi connectivity index (χ0n) is 18.8. The molecule has 1 aliphatic heterocycles. The van der Waals surface area contributed by atoms with Gasteiger partial charge in [0.05, 0.1) is 18.0 Å². The Hall–Kier alpha value is -4.02. The lowest BCUT2D eigenvalue weighted by Crippen LogP contribution is -2.31. The first-order valence-electron chi connectivity index (χ1n) is 10.7. The van der Waals surface area contributed by atoms with E-state index in [9.17, 15) is 14.9 Å². The summed E-state index contributed by atoms with van der Waals surface area (Å²) in [5.74, 6) is -0.0126. The number of amides is 2. The van der Waals surface area contributed by atoms with Crippen molar-refractivity contribution >= 4 is 35.0 Å². The molecule has 0 bridgehead atoms. The molecule has 7 heteroatoms. The number of hydrogen-bond acceptors (Lipinski definition) is 5. The number of ether oxygens (including phenoxy) is 1. The van der Waals surface area contributed by atoms with Gasteiger partial charge < -0.3 is 10.1 Å². The predicted octanol–water partition coefficient (Wildman–Crippen LogP) is 5.07. The van der Waals surface area contributed by atoms with Gasteiger partial charge in [0.2, 0.25) is 5.91 Å². The number of carbonyl (C=O) groups is 2. The maximum absolute atomic E-state index is 13.6. The Labute approximate surface area is 202 Å². The Kier molecular flexibility index (Phi) is 7.00. The number of methoxy groups -OCH3 is 1. The van der Waals surface area contributed by atoms with Gasteiger partial charge in [-0.05, 0) is 54.8 Å². The van der Waals surface area contributed by atoms with Crippen molar-refractivity contribution in [2.45, 2.75) is 18.6 Å². The molecule has 0 unspecified atom stereocenters. The van der Waals surface area contributed by atoms with Crippen molar-refractivity contribution in [3.05, 3.63) is 101 Å². The van der Waals surface area contributed by atoms with E-state index in [4.69, 9.17) is 4.74 Å². The monoisotopic (exact) mass is 469 g/mol. The molecule has 0 radical (unpaired) electrons. The lowest BCUT2D eigenvalue weighted by Gasteiger charge is -2.20. The van der Waals surface area contributed by atoms with Crippen LogP contribution in [0.4, 0.5) is 11.4 Å². The van der Waals surface area contributed by atoms with E-state index in [1.165, 1.54) is 16.7 Å². The first-order chi connectivity index (χ1) is 16.5. The molecule has 1 atom stereocenters. The van der Waals surface area contributed by atoms with Gasteiger partial charge in [0, 0.05) is 5.69 Å². The zero-order chi connectivity index (χ0) is 24.1. The largest absolute Gasteiger partial charge is 0.497 e. The van der Waals surface area contributed by atoms with Crippen LogP contribution >= 0.6 is 11.8 Å². The second-order valence-electron chi connectivity index (χ2n) is 7.73. The lowest BCUT2D eigenvalue weighted by molar-refractivity contribution is -0.117. The number of rotatable bonds is 6. The van der Waals surface area contributed by atoms with Gasteiger partial charge in [0.1, 0.15) is 22.4 Å². The number of nitriles is 1. The molecular weight excluding hydrogens is 446 g/mol. The van der Waals surface area contributed by atoms with Gasteiger partial charge in [-0.2, -0.15) is 5.26 Å². The summed E-state index contributed by atoms with van der Waals surface area (Å²) >= 11 is 1.24. The highest BCUT2D eigenvalue weighted by molar-refractivity contribution is 8.05. The number of thioether (sulfide) groups is 1. The van der Waals surface area contributed by atoms with Crippen molar-refractivity contribution in [3.63, 3.8) is 0 Å². The lowest BCUT2D eigenvalue weighted by atomic mass is 10.1. The number of benzene rings is 3. The van der Waals surface area contributed by atoms with Crippen LogP contribution in [0, 0.1) is 18.3 Å². The summed E-state index contributed by atoms with van der Waals surface area (Å²) in [5, 5.41) is 12.6. The second kappa shape index (κ2) is 10.3. The fourth-order valence-corrected chi connectivity index (χ4v) is 5.05. The summed E-state index contributed by atoms with van der Waals surface area (Å²) in [5.41, 5.74) is 2.94. The van der Waals surface area contributed by atoms with Gasteiger partial charge in [0.15, 0.2) is 0 Å². The number of aryl methyl sites for hydroxylation is 1. The third-order valence-electron chi connectivity index (χ3n) is 5.45. The molecule has 34 heavy (non-hydrogen) atoms. The molecule has 0 saturated carbocycles. The molecule has 1 fully saturated rings. The number of nitrogens with one attached hydrogen (secondary N) is 1. The molecule has 1 heterocycles. The molecule has 170 valence electrons. The molecule has 1 aliphatic rings. The van der Waals surface area contributed by atoms with Crippen molar-refractivity contribution in [3.8, 4) is 11.8 Å². The van der Waals surface area contributed by atoms with Crippen LogP contribution < -0.4 is 15.0 Å². The minimum absolute atomic E-state index is 0.0985. The minimum Gasteiger partial charge on any atom is -0.497 e. The minimum atomic E-state index is -0.551. The molecule has 1 N–H and O–H groups in total. The maximum Gasteiger partial charge on any atom is 0.269 e. The third-order valence-corrected chi connectivity index (χ3v) is 6.71. The molecule has 3 aromatic rings. The quantitative estimate of drug-likeness (QED) is 0.403. The van der Waals surface area contributed by atoms with Gasteiger partial charge in [-0.3, -0.25) is 14.5 Å². The van der Waals surface area contributed by atoms with Crippen LogP contribution in [-0.4, -0.2) is 24.2 Å². The van der Waals surface area contributed by atoms with Crippen LogP contribution in [-0.2, 0) is 16.0 Å². The van der Waals surface area contributed by atoms with Crippen molar-refractivity contribution in [1.82, 2.24) is 0 Å². The van der Waals surface area contributed by atoms with Gasteiger partial charge in [-0.1, -0.05) is 60.3 Å². The molecule has 0 aliphatic carbocycles. The number of anilines is 2. The van der Waals surface area contributed by atoms with Crippen LogP contribution in [0.15, 0.2) is 89.5 Å². The number of nitrogens with zero attached hydrogens (tertiary/aromatic N) is 2. The fraction of sp³-hybridized carbons (Fsp3) is 0.148. The molecule has 0 aromatic heterocycles. The standard InChI is InChI=1S/C27H23N3O3S/c1-18-9-6-7-14-23(18)30-26(32)24(16-19-10-8-13-21(15-19)33-2)34-27(30)22(17-28)25(31)29-20-11-4-3-5-12-20/h3-15,24H,16H2,1-2H3,(H,29,31)/b27-22+/t24-/m0/s1. The zero-order valence-corrected chi connectivity index (χ0v) is 19.6. The average molecular weight is 470 g/mol. The third kappa shape index (κ3) is 4.82. The summed E-state index contributed by atoms with van der Waals surface area (Å²) < 4.78 is 5.31. The van der Waals surface area contributed by atoms with Crippen molar-refractivity contribution in [2.75, 3.05) is 17.3 Å². The van der Waals surface area contributed by atoms with E-state index in [-0.39, 0.29) is 11.5 Å².